The molecule has 1 aromatic heterocycles. The highest BCUT2D eigenvalue weighted by Gasteiger charge is 2.28. The van der Waals surface area contributed by atoms with Crippen LogP contribution in [0.25, 0.3) is 10.9 Å². The third kappa shape index (κ3) is 8.73. The summed E-state index contributed by atoms with van der Waals surface area (Å²) in [6, 6.07) is 7.83. The lowest BCUT2D eigenvalue weighted by molar-refractivity contribution is -0.140. The summed E-state index contributed by atoms with van der Waals surface area (Å²) < 4.78 is 0. The van der Waals surface area contributed by atoms with E-state index in [1.807, 2.05) is 38.1 Å². The Morgan fingerprint density at radius 3 is 2.38 bits per heavy atom. The Hall–Kier alpha value is -3.69. The van der Waals surface area contributed by atoms with Gasteiger partial charge in [-0.05, 0) is 51.2 Å². The number of Topliss-reactive ketones (excluding diaryl/α,β-unsaturated/α-hetero) is 1. The van der Waals surface area contributed by atoms with Gasteiger partial charge in [0.05, 0.1) is 12.6 Å². The first kappa shape index (κ1) is 27.9. The van der Waals surface area contributed by atoms with E-state index in [9.17, 15) is 24.0 Å². The SMILES string of the molecule is CC(C)NC(=O)CCC(NC(=O)CNC(=O)c1cc2ccccc2[nH]1)C(=O)C(=O)NCC1CCCCC1. The lowest BCUT2D eigenvalue weighted by atomic mass is 9.89. The van der Waals surface area contributed by atoms with Crippen LogP contribution in [-0.2, 0) is 19.2 Å². The molecule has 4 amide bonds. The van der Waals surface area contributed by atoms with E-state index in [0.29, 0.717) is 18.2 Å². The molecule has 10 nitrogen and oxygen atoms in total. The average Bonchev–Trinajstić information content (AvgIpc) is 3.32. The summed E-state index contributed by atoms with van der Waals surface area (Å²) in [7, 11) is 0. The van der Waals surface area contributed by atoms with Crippen LogP contribution in [0.5, 0.6) is 0 Å². The molecule has 1 aliphatic rings. The Balaban J connectivity index is 1.56. The second-order valence-corrected chi connectivity index (χ2v) is 9.91. The maximum atomic E-state index is 12.9. The predicted molar refractivity (Wildman–Crippen MR) is 140 cm³/mol. The van der Waals surface area contributed by atoms with Gasteiger partial charge in [0.25, 0.3) is 11.8 Å². The summed E-state index contributed by atoms with van der Waals surface area (Å²) in [4.78, 5) is 65.7. The number of amides is 4. The lowest BCUT2D eigenvalue weighted by Crippen LogP contribution is -2.50. The van der Waals surface area contributed by atoms with Crippen molar-refractivity contribution in [3.05, 3.63) is 36.0 Å². The minimum absolute atomic E-state index is 0.0318. The first-order valence-corrected chi connectivity index (χ1v) is 13.0. The third-order valence-corrected chi connectivity index (χ3v) is 6.45. The van der Waals surface area contributed by atoms with E-state index in [1.54, 1.807) is 6.07 Å². The molecular weight excluding hydrogens is 474 g/mol. The van der Waals surface area contributed by atoms with Crippen LogP contribution in [0.2, 0.25) is 0 Å². The fourth-order valence-corrected chi connectivity index (χ4v) is 4.51. The summed E-state index contributed by atoms with van der Waals surface area (Å²) in [5.41, 5.74) is 1.09. The molecule has 1 atom stereocenters. The first-order chi connectivity index (χ1) is 17.7. The van der Waals surface area contributed by atoms with Gasteiger partial charge in [-0.15, -0.1) is 0 Å². The Kier molecular flexibility index (Phi) is 10.2. The Labute approximate surface area is 216 Å². The standard InChI is InChI=1S/C27H37N5O5/c1-17(2)30-23(33)13-12-21(25(35)27(37)28-15-18-8-4-3-5-9-18)32-24(34)16-29-26(36)22-14-19-10-6-7-11-20(19)31-22/h6-7,10-11,14,17-18,21,31H,3-5,8-9,12-13,15-16H2,1-2H3,(H,28,37)(H,29,36)(H,30,33)(H,32,34). The minimum atomic E-state index is -1.18. The zero-order valence-electron chi connectivity index (χ0n) is 21.5. The molecule has 10 heteroatoms. The van der Waals surface area contributed by atoms with Gasteiger partial charge in [0.15, 0.2) is 0 Å². The van der Waals surface area contributed by atoms with E-state index < -0.39 is 29.5 Å². The van der Waals surface area contributed by atoms with E-state index in [2.05, 4.69) is 26.3 Å². The predicted octanol–water partition coefficient (Wildman–Crippen LogP) is 1.95. The number of hydrogen-bond acceptors (Lipinski definition) is 5. The molecule has 1 saturated carbocycles. The third-order valence-electron chi connectivity index (χ3n) is 6.45. The number of aromatic amines is 1. The summed E-state index contributed by atoms with van der Waals surface area (Å²) >= 11 is 0. The topological polar surface area (TPSA) is 149 Å². The van der Waals surface area contributed by atoms with Crippen molar-refractivity contribution in [2.75, 3.05) is 13.1 Å². The molecule has 0 radical (unpaired) electrons. The second kappa shape index (κ2) is 13.6. The van der Waals surface area contributed by atoms with Crippen LogP contribution in [0.1, 0.15) is 69.3 Å². The number of nitrogens with one attached hydrogen (secondary N) is 5. The van der Waals surface area contributed by atoms with Crippen molar-refractivity contribution in [3.63, 3.8) is 0 Å². The number of H-pyrrole nitrogens is 1. The second-order valence-electron chi connectivity index (χ2n) is 9.91. The first-order valence-electron chi connectivity index (χ1n) is 13.0. The van der Waals surface area contributed by atoms with Crippen molar-refractivity contribution in [2.45, 2.75) is 70.9 Å². The number of carbonyl (C=O) groups is 5. The van der Waals surface area contributed by atoms with Gasteiger partial charge in [-0.2, -0.15) is 0 Å². The van der Waals surface area contributed by atoms with Gasteiger partial charge in [-0.1, -0.05) is 37.5 Å². The van der Waals surface area contributed by atoms with Gasteiger partial charge < -0.3 is 26.3 Å². The van der Waals surface area contributed by atoms with Gasteiger partial charge in [0, 0.05) is 29.9 Å². The number of ketones is 1. The van der Waals surface area contributed by atoms with Crippen LogP contribution in [0.15, 0.2) is 30.3 Å². The molecule has 1 aliphatic carbocycles. The van der Waals surface area contributed by atoms with E-state index in [0.717, 1.165) is 36.6 Å². The number of benzene rings is 1. The fourth-order valence-electron chi connectivity index (χ4n) is 4.51. The molecule has 0 spiro atoms. The van der Waals surface area contributed by atoms with Gasteiger partial charge in [0.1, 0.15) is 5.69 Å². The molecule has 0 aliphatic heterocycles. The molecule has 1 fully saturated rings. The molecule has 37 heavy (non-hydrogen) atoms. The maximum Gasteiger partial charge on any atom is 0.289 e. The molecule has 1 heterocycles. The largest absolute Gasteiger partial charge is 0.354 e. The van der Waals surface area contributed by atoms with Gasteiger partial charge in [-0.3, -0.25) is 24.0 Å². The van der Waals surface area contributed by atoms with Crippen molar-refractivity contribution in [2.24, 2.45) is 5.92 Å². The van der Waals surface area contributed by atoms with Crippen molar-refractivity contribution < 1.29 is 24.0 Å². The molecule has 0 saturated heterocycles. The van der Waals surface area contributed by atoms with Crippen LogP contribution in [0.3, 0.4) is 0 Å². The number of hydrogen-bond donors (Lipinski definition) is 5. The van der Waals surface area contributed by atoms with Gasteiger partial charge in [-0.25, -0.2) is 0 Å². The van der Waals surface area contributed by atoms with Crippen LogP contribution in [0.4, 0.5) is 0 Å². The number of fused-ring (bicyclic) bond motifs is 1. The highest BCUT2D eigenvalue weighted by molar-refractivity contribution is 6.38. The Morgan fingerprint density at radius 1 is 0.946 bits per heavy atom. The van der Waals surface area contributed by atoms with Crippen LogP contribution in [-0.4, -0.2) is 59.6 Å². The lowest BCUT2D eigenvalue weighted by Gasteiger charge is -2.22. The molecule has 3 rings (SSSR count). The van der Waals surface area contributed by atoms with E-state index >= 15 is 0 Å². The quantitative estimate of drug-likeness (QED) is 0.276. The monoisotopic (exact) mass is 511 g/mol. The van der Waals surface area contributed by atoms with Crippen molar-refractivity contribution in [1.29, 1.82) is 0 Å². The van der Waals surface area contributed by atoms with Gasteiger partial charge >= 0.3 is 0 Å². The molecular formula is C27H37N5O5. The zero-order chi connectivity index (χ0) is 26.8. The zero-order valence-corrected chi connectivity index (χ0v) is 21.5. The van der Waals surface area contributed by atoms with Gasteiger partial charge in [0.2, 0.25) is 17.6 Å². The number of para-hydroxylation sites is 1. The van der Waals surface area contributed by atoms with Crippen LogP contribution >= 0.6 is 0 Å². The average molecular weight is 512 g/mol. The van der Waals surface area contributed by atoms with E-state index in [4.69, 9.17) is 0 Å². The van der Waals surface area contributed by atoms with E-state index in [-0.39, 0.29) is 31.3 Å². The molecule has 2 aromatic rings. The molecule has 0 bridgehead atoms. The van der Waals surface area contributed by atoms with Crippen molar-refractivity contribution in [1.82, 2.24) is 26.3 Å². The number of carbonyl (C=O) groups excluding carboxylic acids is 5. The van der Waals surface area contributed by atoms with Crippen molar-refractivity contribution >= 4 is 40.3 Å². The Bertz CT molecular complexity index is 1090. The molecule has 5 N–H and O–H groups in total. The highest BCUT2D eigenvalue weighted by Crippen LogP contribution is 2.22. The minimum Gasteiger partial charge on any atom is -0.354 e. The van der Waals surface area contributed by atoms with E-state index in [1.165, 1.54) is 6.42 Å². The molecule has 1 unspecified atom stereocenters. The Morgan fingerprint density at radius 2 is 1.68 bits per heavy atom. The summed E-state index contributed by atoms with van der Waals surface area (Å²) in [6.07, 6.45) is 5.37. The summed E-state index contributed by atoms with van der Waals surface area (Å²) in [6.45, 7) is 3.66. The fraction of sp³-hybridized carbons (Fsp3) is 0.519. The van der Waals surface area contributed by atoms with Crippen LogP contribution in [0, 0.1) is 5.92 Å². The normalized spacial score (nSPS) is 14.7. The van der Waals surface area contributed by atoms with Crippen LogP contribution < -0.4 is 21.3 Å². The highest BCUT2D eigenvalue weighted by atomic mass is 16.2. The molecule has 1 aromatic carbocycles. The smallest absolute Gasteiger partial charge is 0.289 e. The maximum absolute atomic E-state index is 12.9. The molecule has 200 valence electrons. The number of aromatic nitrogens is 1. The number of rotatable bonds is 12. The van der Waals surface area contributed by atoms with Crippen molar-refractivity contribution in [3.8, 4) is 0 Å². The summed E-state index contributed by atoms with van der Waals surface area (Å²) in [5.74, 6) is -2.62. The summed E-state index contributed by atoms with van der Waals surface area (Å²) in [5, 5.41) is 11.3.